The number of rotatable bonds is 7. The molecule has 2 rings (SSSR count). The average Bonchev–Trinajstić information content (AvgIpc) is 2.91. The average molecular weight is 305 g/mol. The van der Waals surface area contributed by atoms with E-state index in [1.54, 1.807) is 13.3 Å². The molecule has 114 valence electrons. The summed E-state index contributed by atoms with van der Waals surface area (Å²) in [4.78, 5) is 1.27. The molecule has 0 radical (unpaired) electrons. The Morgan fingerprint density at radius 3 is 2.57 bits per heavy atom. The first-order valence-corrected chi connectivity index (χ1v) is 8.27. The third-order valence-corrected chi connectivity index (χ3v) is 4.24. The predicted molar refractivity (Wildman–Crippen MR) is 87.9 cm³/mol. The lowest BCUT2D eigenvalue weighted by Gasteiger charge is -2.16. The van der Waals surface area contributed by atoms with Crippen molar-refractivity contribution >= 4 is 11.8 Å². The summed E-state index contributed by atoms with van der Waals surface area (Å²) in [5, 5.41) is 4.38. The number of ether oxygens (including phenoxy) is 1. The number of benzene rings is 1. The van der Waals surface area contributed by atoms with Crippen LogP contribution in [-0.4, -0.2) is 22.6 Å². The van der Waals surface area contributed by atoms with E-state index >= 15 is 0 Å². The van der Waals surface area contributed by atoms with E-state index in [4.69, 9.17) is 10.5 Å². The number of nitrogens with two attached hydrogens (primary N) is 1. The minimum atomic E-state index is -0.227. The van der Waals surface area contributed by atoms with Crippen LogP contribution >= 0.6 is 11.8 Å². The van der Waals surface area contributed by atoms with E-state index in [0.717, 1.165) is 35.7 Å². The van der Waals surface area contributed by atoms with Crippen LogP contribution in [0.3, 0.4) is 0 Å². The minimum absolute atomic E-state index is 0.227. The molecule has 1 aromatic heterocycles. The van der Waals surface area contributed by atoms with Gasteiger partial charge < -0.3 is 10.5 Å². The number of thioether (sulfide) groups is 1. The fourth-order valence-electron chi connectivity index (χ4n) is 2.33. The molecule has 2 N–H and O–H groups in total. The van der Waals surface area contributed by atoms with Crippen molar-refractivity contribution in [1.29, 1.82) is 0 Å². The molecule has 0 fully saturated rings. The van der Waals surface area contributed by atoms with Gasteiger partial charge in [-0.15, -0.1) is 11.8 Å². The summed E-state index contributed by atoms with van der Waals surface area (Å²) in [6.45, 7) is 5.12. The molecule has 1 heterocycles. The van der Waals surface area contributed by atoms with Crippen molar-refractivity contribution in [3.05, 3.63) is 41.7 Å². The van der Waals surface area contributed by atoms with Crippen LogP contribution in [0.25, 0.3) is 0 Å². The maximum Gasteiger partial charge on any atom is 0.161 e. The van der Waals surface area contributed by atoms with E-state index in [1.807, 2.05) is 16.4 Å². The minimum Gasteiger partial charge on any atom is -0.493 e. The lowest BCUT2D eigenvalue weighted by molar-refractivity contribution is 0.404. The Balaban J connectivity index is 2.29. The third kappa shape index (κ3) is 3.60. The van der Waals surface area contributed by atoms with Gasteiger partial charge in [0.1, 0.15) is 5.69 Å². The quantitative estimate of drug-likeness (QED) is 0.796. The number of hydrogen-bond acceptors (Lipinski definition) is 4. The van der Waals surface area contributed by atoms with E-state index in [2.05, 4.69) is 43.2 Å². The van der Waals surface area contributed by atoms with E-state index < -0.39 is 0 Å². The van der Waals surface area contributed by atoms with Gasteiger partial charge in [-0.2, -0.15) is 5.10 Å². The maximum absolute atomic E-state index is 6.44. The van der Waals surface area contributed by atoms with Crippen molar-refractivity contribution in [2.45, 2.75) is 37.8 Å². The first kappa shape index (κ1) is 15.9. The highest BCUT2D eigenvalue weighted by Gasteiger charge is 2.20. The zero-order valence-corrected chi connectivity index (χ0v) is 13.7. The van der Waals surface area contributed by atoms with Gasteiger partial charge >= 0.3 is 0 Å². The SMILES string of the molecule is CCCn1ncc(OC)c1C(N)c1ccc(SCC)cc1. The predicted octanol–water partition coefficient (Wildman–Crippen LogP) is 3.46. The largest absolute Gasteiger partial charge is 0.493 e. The molecular formula is C16H23N3OS. The first-order chi connectivity index (χ1) is 10.2. The lowest BCUT2D eigenvalue weighted by Crippen LogP contribution is -2.18. The van der Waals surface area contributed by atoms with Crippen LogP contribution < -0.4 is 10.5 Å². The van der Waals surface area contributed by atoms with Gasteiger partial charge in [-0.1, -0.05) is 26.0 Å². The van der Waals surface area contributed by atoms with Crippen LogP contribution in [0.5, 0.6) is 5.75 Å². The Bertz CT molecular complexity index is 565. The molecule has 2 aromatic rings. The number of nitrogens with zero attached hydrogens (tertiary/aromatic N) is 2. The molecule has 4 nitrogen and oxygen atoms in total. The molecule has 0 aliphatic heterocycles. The van der Waals surface area contributed by atoms with Gasteiger partial charge in [0, 0.05) is 11.4 Å². The van der Waals surface area contributed by atoms with Gasteiger partial charge in [-0.05, 0) is 29.9 Å². The second-order valence-corrected chi connectivity index (χ2v) is 6.14. The van der Waals surface area contributed by atoms with Crippen LogP contribution in [0, 0.1) is 0 Å². The standard InChI is InChI=1S/C16H23N3OS/c1-4-10-19-16(14(20-3)11-18-19)15(17)12-6-8-13(9-7-12)21-5-2/h6-9,11,15H,4-5,10,17H2,1-3H3. The summed E-state index contributed by atoms with van der Waals surface area (Å²) < 4.78 is 7.35. The third-order valence-electron chi connectivity index (χ3n) is 3.35. The summed E-state index contributed by atoms with van der Waals surface area (Å²) in [7, 11) is 1.66. The van der Waals surface area contributed by atoms with Crippen molar-refractivity contribution in [3.8, 4) is 5.75 Å². The number of methoxy groups -OCH3 is 1. The van der Waals surface area contributed by atoms with E-state index in [0.29, 0.717) is 0 Å². The summed E-state index contributed by atoms with van der Waals surface area (Å²) in [5.74, 6) is 1.82. The molecule has 21 heavy (non-hydrogen) atoms. The maximum atomic E-state index is 6.44. The Labute approximate surface area is 130 Å². The van der Waals surface area contributed by atoms with Crippen LogP contribution in [0.1, 0.15) is 37.6 Å². The zero-order chi connectivity index (χ0) is 15.2. The molecular weight excluding hydrogens is 282 g/mol. The molecule has 0 aliphatic carbocycles. The molecule has 1 aromatic carbocycles. The molecule has 0 bridgehead atoms. The molecule has 0 saturated carbocycles. The van der Waals surface area contributed by atoms with Crippen LogP contribution in [0.2, 0.25) is 0 Å². The number of hydrogen-bond donors (Lipinski definition) is 1. The monoisotopic (exact) mass is 305 g/mol. The molecule has 0 aliphatic rings. The van der Waals surface area contributed by atoms with Crippen molar-refractivity contribution in [1.82, 2.24) is 9.78 Å². The summed E-state index contributed by atoms with van der Waals surface area (Å²) in [6.07, 6.45) is 2.75. The molecule has 5 heteroatoms. The topological polar surface area (TPSA) is 53.1 Å². The zero-order valence-electron chi connectivity index (χ0n) is 12.9. The second-order valence-electron chi connectivity index (χ2n) is 4.80. The Morgan fingerprint density at radius 2 is 2.00 bits per heavy atom. The van der Waals surface area contributed by atoms with E-state index in [9.17, 15) is 0 Å². The van der Waals surface area contributed by atoms with Gasteiger partial charge in [0.2, 0.25) is 0 Å². The van der Waals surface area contributed by atoms with Crippen LogP contribution in [0.15, 0.2) is 35.4 Å². The Hall–Kier alpha value is -1.46. The van der Waals surface area contributed by atoms with Crippen molar-refractivity contribution in [2.24, 2.45) is 5.73 Å². The summed E-state index contributed by atoms with van der Waals surface area (Å²) in [5.41, 5.74) is 8.46. The Kier molecular flexibility index (Phi) is 5.70. The fraction of sp³-hybridized carbons (Fsp3) is 0.438. The fourth-order valence-corrected chi connectivity index (χ4v) is 3.00. The van der Waals surface area contributed by atoms with Gasteiger partial charge in [0.15, 0.2) is 5.75 Å². The molecule has 0 amide bonds. The summed E-state index contributed by atoms with van der Waals surface area (Å²) >= 11 is 1.83. The normalized spacial score (nSPS) is 12.4. The lowest BCUT2D eigenvalue weighted by atomic mass is 10.0. The van der Waals surface area contributed by atoms with E-state index in [1.165, 1.54) is 4.90 Å². The van der Waals surface area contributed by atoms with Crippen LogP contribution in [-0.2, 0) is 6.54 Å². The van der Waals surface area contributed by atoms with Crippen molar-refractivity contribution in [3.63, 3.8) is 0 Å². The van der Waals surface area contributed by atoms with Gasteiger partial charge in [-0.25, -0.2) is 0 Å². The molecule has 0 spiro atoms. The van der Waals surface area contributed by atoms with Gasteiger partial charge in [0.25, 0.3) is 0 Å². The molecule has 0 saturated heterocycles. The van der Waals surface area contributed by atoms with Crippen molar-refractivity contribution in [2.75, 3.05) is 12.9 Å². The molecule has 1 unspecified atom stereocenters. The van der Waals surface area contributed by atoms with Gasteiger partial charge in [-0.3, -0.25) is 4.68 Å². The number of aryl methyl sites for hydroxylation is 1. The Morgan fingerprint density at radius 1 is 1.29 bits per heavy atom. The smallest absolute Gasteiger partial charge is 0.161 e. The van der Waals surface area contributed by atoms with Gasteiger partial charge in [0.05, 0.1) is 19.3 Å². The molecule has 1 atom stereocenters. The number of aromatic nitrogens is 2. The van der Waals surface area contributed by atoms with Crippen molar-refractivity contribution < 1.29 is 4.74 Å². The highest BCUT2D eigenvalue weighted by Crippen LogP contribution is 2.29. The second kappa shape index (κ2) is 7.52. The van der Waals surface area contributed by atoms with E-state index in [-0.39, 0.29) is 6.04 Å². The first-order valence-electron chi connectivity index (χ1n) is 7.29. The summed E-state index contributed by atoms with van der Waals surface area (Å²) in [6, 6.07) is 8.19. The highest BCUT2D eigenvalue weighted by atomic mass is 32.2. The highest BCUT2D eigenvalue weighted by molar-refractivity contribution is 7.99. The van der Waals surface area contributed by atoms with Crippen LogP contribution in [0.4, 0.5) is 0 Å².